The molecule has 1 rings (SSSR count). The molecule has 0 saturated carbocycles. The second-order valence-electron chi connectivity index (χ2n) is 4.20. The fraction of sp³-hybridized carbons (Fsp3) is 0.400. The Hall–Kier alpha value is -2.37. The number of hydrogen-bond donors (Lipinski definition) is 1. The van der Waals surface area contributed by atoms with Crippen molar-refractivity contribution in [3.05, 3.63) is 35.9 Å². The van der Waals surface area contributed by atoms with Crippen molar-refractivity contribution in [2.45, 2.75) is 20.3 Å². The summed E-state index contributed by atoms with van der Waals surface area (Å²) in [5, 5.41) is 12.0. The molecule has 0 saturated heterocycles. The van der Waals surface area contributed by atoms with Crippen molar-refractivity contribution in [2.24, 2.45) is 11.1 Å². The zero-order chi connectivity index (χ0) is 15.7. The van der Waals surface area contributed by atoms with Crippen LogP contribution in [-0.4, -0.2) is 36.1 Å². The van der Waals surface area contributed by atoms with Gasteiger partial charge in [0, 0.05) is 0 Å². The van der Waals surface area contributed by atoms with Gasteiger partial charge in [0.25, 0.3) is 0 Å². The minimum Gasteiger partial charge on any atom is -0.465 e. The lowest BCUT2D eigenvalue weighted by Gasteiger charge is -2.16. The maximum Gasteiger partial charge on any atom is 0.357 e. The van der Waals surface area contributed by atoms with Gasteiger partial charge in [-0.3, -0.25) is 4.79 Å². The van der Waals surface area contributed by atoms with E-state index in [4.69, 9.17) is 14.7 Å². The van der Waals surface area contributed by atoms with E-state index in [2.05, 4.69) is 5.16 Å². The fourth-order valence-corrected chi connectivity index (χ4v) is 1.84. The number of rotatable bonds is 7. The molecule has 0 bridgehead atoms. The molecule has 0 amide bonds. The summed E-state index contributed by atoms with van der Waals surface area (Å²) in [7, 11) is 0. The number of nitrogens with zero attached hydrogens (tertiary/aromatic N) is 1. The summed E-state index contributed by atoms with van der Waals surface area (Å²) in [5.41, 5.74) is 0.472. The molecule has 0 aliphatic rings. The van der Waals surface area contributed by atoms with E-state index < -0.39 is 17.9 Å². The SMILES string of the molecule is CCOC(=O)/C(=N\O)C(Cc1ccccc1)C(=O)OCC. The van der Waals surface area contributed by atoms with Crippen LogP contribution in [-0.2, 0) is 25.5 Å². The van der Waals surface area contributed by atoms with Crippen molar-refractivity contribution in [3.8, 4) is 0 Å². The molecule has 1 aromatic carbocycles. The van der Waals surface area contributed by atoms with Gasteiger partial charge < -0.3 is 14.7 Å². The third-order valence-corrected chi connectivity index (χ3v) is 2.78. The van der Waals surface area contributed by atoms with Crippen LogP contribution in [0, 0.1) is 5.92 Å². The number of benzene rings is 1. The summed E-state index contributed by atoms with van der Waals surface area (Å²) in [6.07, 6.45) is 0.192. The number of hydrogen-bond acceptors (Lipinski definition) is 6. The zero-order valence-electron chi connectivity index (χ0n) is 12.1. The van der Waals surface area contributed by atoms with Crippen molar-refractivity contribution in [3.63, 3.8) is 0 Å². The highest BCUT2D eigenvalue weighted by Crippen LogP contribution is 2.14. The molecule has 1 unspecified atom stereocenters. The van der Waals surface area contributed by atoms with Gasteiger partial charge in [0.2, 0.25) is 0 Å². The fourth-order valence-electron chi connectivity index (χ4n) is 1.84. The van der Waals surface area contributed by atoms with E-state index in [1.54, 1.807) is 13.8 Å². The normalized spacial score (nSPS) is 12.6. The average Bonchev–Trinajstić information content (AvgIpc) is 2.48. The van der Waals surface area contributed by atoms with Crippen molar-refractivity contribution in [1.82, 2.24) is 0 Å². The molecule has 0 radical (unpaired) electrons. The Bertz CT molecular complexity index is 498. The highest BCUT2D eigenvalue weighted by Gasteiger charge is 2.32. The quantitative estimate of drug-likeness (QED) is 0.358. The average molecular weight is 293 g/mol. The summed E-state index contributed by atoms with van der Waals surface area (Å²) in [6, 6.07) is 9.10. The van der Waals surface area contributed by atoms with E-state index in [0.29, 0.717) is 0 Å². The van der Waals surface area contributed by atoms with E-state index in [-0.39, 0.29) is 25.3 Å². The number of ether oxygens (including phenoxy) is 2. The maximum atomic E-state index is 12.0. The predicted molar refractivity (Wildman–Crippen MR) is 76.1 cm³/mol. The molecule has 114 valence electrons. The molecule has 0 aromatic heterocycles. The van der Waals surface area contributed by atoms with Crippen LogP contribution in [0.3, 0.4) is 0 Å². The molecule has 6 nitrogen and oxygen atoms in total. The number of carbonyl (C=O) groups is 2. The van der Waals surface area contributed by atoms with Crippen LogP contribution < -0.4 is 0 Å². The monoisotopic (exact) mass is 293 g/mol. The van der Waals surface area contributed by atoms with Crippen LogP contribution >= 0.6 is 0 Å². The maximum absolute atomic E-state index is 12.0. The van der Waals surface area contributed by atoms with Crippen LogP contribution in [0.4, 0.5) is 0 Å². The van der Waals surface area contributed by atoms with Gasteiger partial charge in [0.15, 0.2) is 5.71 Å². The van der Waals surface area contributed by atoms with E-state index in [1.165, 1.54) is 0 Å². The van der Waals surface area contributed by atoms with Gasteiger partial charge in [-0.2, -0.15) is 0 Å². The van der Waals surface area contributed by atoms with Crippen LogP contribution in [0.5, 0.6) is 0 Å². The Morgan fingerprint density at radius 2 is 1.76 bits per heavy atom. The first kappa shape index (κ1) is 16.7. The lowest BCUT2D eigenvalue weighted by atomic mass is 9.94. The molecule has 1 atom stereocenters. The summed E-state index contributed by atoms with van der Waals surface area (Å²) < 4.78 is 9.75. The molecule has 0 heterocycles. The summed E-state index contributed by atoms with van der Waals surface area (Å²) in [6.45, 7) is 3.59. The van der Waals surface area contributed by atoms with Crippen molar-refractivity contribution < 1.29 is 24.3 Å². The molecule has 1 aromatic rings. The third-order valence-electron chi connectivity index (χ3n) is 2.78. The van der Waals surface area contributed by atoms with Gasteiger partial charge >= 0.3 is 11.9 Å². The summed E-state index contributed by atoms with van der Waals surface area (Å²) >= 11 is 0. The smallest absolute Gasteiger partial charge is 0.357 e. The molecule has 0 spiro atoms. The molecule has 0 aliphatic heterocycles. The predicted octanol–water partition coefficient (Wildman–Crippen LogP) is 1.80. The second-order valence-corrected chi connectivity index (χ2v) is 4.20. The standard InChI is InChI=1S/C15H19NO5/c1-3-20-14(17)12(10-11-8-6-5-7-9-11)13(16-19)15(18)21-4-2/h5-9,12,19H,3-4,10H2,1-2H3/b16-13-. The Kier molecular flexibility index (Phi) is 6.94. The number of esters is 2. The van der Waals surface area contributed by atoms with Crippen LogP contribution in [0.1, 0.15) is 19.4 Å². The zero-order valence-corrected chi connectivity index (χ0v) is 12.1. The van der Waals surface area contributed by atoms with Gasteiger partial charge in [0.05, 0.1) is 13.2 Å². The Morgan fingerprint density at radius 1 is 1.14 bits per heavy atom. The van der Waals surface area contributed by atoms with E-state index in [9.17, 15) is 9.59 Å². The summed E-state index contributed by atoms with van der Waals surface area (Å²) in [5.74, 6) is -2.45. The first-order chi connectivity index (χ1) is 10.1. The van der Waals surface area contributed by atoms with Gasteiger partial charge in [-0.15, -0.1) is 0 Å². The van der Waals surface area contributed by atoms with Crippen LogP contribution in [0.2, 0.25) is 0 Å². The first-order valence-corrected chi connectivity index (χ1v) is 6.73. The highest BCUT2D eigenvalue weighted by molar-refractivity contribution is 6.40. The first-order valence-electron chi connectivity index (χ1n) is 6.73. The van der Waals surface area contributed by atoms with E-state index >= 15 is 0 Å². The van der Waals surface area contributed by atoms with Gasteiger partial charge in [-0.1, -0.05) is 35.5 Å². The largest absolute Gasteiger partial charge is 0.465 e. The minimum atomic E-state index is -1.00. The molecular weight excluding hydrogens is 274 g/mol. The Labute approximate surface area is 123 Å². The van der Waals surface area contributed by atoms with Crippen molar-refractivity contribution in [2.75, 3.05) is 13.2 Å². The Morgan fingerprint density at radius 3 is 2.29 bits per heavy atom. The number of oxime groups is 1. The lowest BCUT2D eigenvalue weighted by molar-refractivity contribution is -0.147. The molecular formula is C15H19NO5. The molecule has 1 N–H and O–H groups in total. The van der Waals surface area contributed by atoms with E-state index in [0.717, 1.165) is 5.56 Å². The van der Waals surface area contributed by atoms with Crippen molar-refractivity contribution >= 4 is 17.7 Å². The Balaban J connectivity index is 3.01. The second kappa shape index (κ2) is 8.73. The van der Waals surface area contributed by atoms with Crippen molar-refractivity contribution in [1.29, 1.82) is 0 Å². The van der Waals surface area contributed by atoms with Crippen LogP contribution in [0.25, 0.3) is 0 Å². The van der Waals surface area contributed by atoms with Gasteiger partial charge in [-0.05, 0) is 25.8 Å². The van der Waals surface area contributed by atoms with Gasteiger partial charge in [-0.25, -0.2) is 4.79 Å². The topological polar surface area (TPSA) is 85.2 Å². The third kappa shape index (κ3) is 4.91. The number of carbonyl (C=O) groups excluding carboxylic acids is 2. The minimum absolute atomic E-state index is 0.124. The molecule has 21 heavy (non-hydrogen) atoms. The van der Waals surface area contributed by atoms with E-state index in [1.807, 2.05) is 30.3 Å². The highest BCUT2D eigenvalue weighted by atomic mass is 16.5. The molecule has 0 fully saturated rings. The lowest BCUT2D eigenvalue weighted by Crippen LogP contribution is -2.34. The van der Waals surface area contributed by atoms with Crippen LogP contribution in [0.15, 0.2) is 35.5 Å². The molecule has 0 aliphatic carbocycles. The van der Waals surface area contributed by atoms with Gasteiger partial charge in [0.1, 0.15) is 5.92 Å². The summed E-state index contributed by atoms with van der Waals surface area (Å²) in [4.78, 5) is 23.8. The molecule has 6 heteroatoms.